The maximum absolute atomic E-state index is 12.5. The van der Waals surface area contributed by atoms with Crippen molar-refractivity contribution < 1.29 is 9.53 Å². The Bertz CT molecular complexity index is 957. The molecule has 0 aliphatic carbocycles. The summed E-state index contributed by atoms with van der Waals surface area (Å²) in [5.74, 6) is 0.533. The maximum Gasteiger partial charge on any atom is 0.323 e. The normalized spacial score (nSPS) is 10.6. The monoisotopic (exact) mass is 355 g/mol. The number of anilines is 2. The molecule has 0 spiro atoms. The van der Waals surface area contributed by atoms with Crippen LogP contribution in [-0.2, 0) is 0 Å². The minimum Gasteiger partial charge on any atom is -0.495 e. The molecule has 2 aromatic carbocycles. The van der Waals surface area contributed by atoms with E-state index in [1.165, 1.54) is 7.11 Å². The SMILES string of the molecule is COc1ccc(Cl)cc1NC(=O)Nc1cc(C)nc2ccc(C)cc12. The minimum absolute atomic E-state index is 0.381. The van der Waals surface area contributed by atoms with Gasteiger partial charge in [-0.2, -0.15) is 0 Å². The Labute approximate surface area is 151 Å². The number of amides is 2. The van der Waals surface area contributed by atoms with Gasteiger partial charge in [0.1, 0.15) is 5.75 Å². The van der Waals surface area contributed by atoms with Crippen LogP contribution in [0.2, 0.25) is 5.02 Å². The summed E-state index contributed by atoms with van der Waals surface area (Å²) in [6.45, 7) is 3.89. The quantitative estimate of drug-likeness (QED) is 0.682. The summed E-state index contributed by atoms with van der Waals surface area (Å²) in [6, 6.07) is 12.4. The Hall–Kier alpha value is -2.79. The van der Waals surface area contributed by atoms with Gasteiger partial charge < -0.3 is 15.4 Å². The number of carbonyl (C=O) groups excluding carboxylic acids is 1. The van der Waals surface area contributed by atoms with Crippen molar-refractivity contribution in [1.29, 1.82) is 0 Å². The van der Waals surface area contributed by atoms with Crippen LogP contribution in [0.15, 0.2) is 42.5 Å². The largest absolute Gasteiger partial charge is 0.495 e. The summed E-state index contributed by atoms with van der Waals surface area (Å²) in [5.41, 5.74) is 3.95. The second-order valence-electron chi connectivity index (χ2n) is 5.76. The fourth-order valence-corrected chi connectivity index (χ4v) is 2.80. The number of nitrogens with zero attached hydrogens (tertiary/aromatic N) is 1. The first kappa shape index (κ1) is 17.0. The van der Waals surface area contributed by atoms with Gasteiger partial charge in [0.15, 0.2) is 0 Å². The van der Waals surface area contributed by atoms with Gasteiger partial charge in [0.05, 0.1) is 24.0 Å². The number of hydrogen-bond acceptors (Lipinski definition) is 3. The average Bonchev–Trinajstić information content (AvgIpc) is 2.55. The highest BCUT2D eigenvalue weighted by Gasteiger charge is 2.11. The number of aromatic nitrogens is 1. The van der Waals surface area contributed by atoms with E-state index in [-0.39, 0.29) is 6.03 Å². The predicted octanol–water partition coefficient (Wildman–Crippen LogP) is 5.16. The molecule has 3 rings (SSSR count). The molecule has 2 amide bonds. The topological polar surface area (TPSA) is 63.2 Å². The van der Waals surface area contributed by atoms with Gasteiger partial charge in [0, 0.05) is 16.1 Å². The van der Waals surface area contributed by atoms with E-state index in [9.17, 15) is 4.79 Å². The van der Waals surface area contributed by atoms with Gasteiger partial charge >= 0.3 is 6.03 Å². The van der Waals surface area contributed by atoms with Crippen LogP contribution >= 0.6 is 11.6 Å². The van der Waals surface area contributed by atoms with Gasteiger partial charge in [-0.05, 0) is 50.2 Å². The number of fused-ring (bicyclic) bond motifs is 1. The van der Waals surface area contributed by atoms with Crippen LogP contribution in [0.25, 0.3) is 10.9 Å². The Morgan fingerprint density at radius 3 is 2.56 bits per heavy atom. The first-order valence-electron chi connectivity index (χ1n) is 7.76. The van der Waals surface area contributed by atoms with Crippen molar-refractivity contribution in [1.82, 2.24) is 4.98 Å². The second-order valence-corrected chi connectivity index (χ2v) is 6.19. The van der Waals surface area contributed by atoms with E-state index < -0.39 is 0 Å². The summed E-state index contributed by atoms with van der Waals surface area (Å²) in [7, 11) is 1.54. The van der Waals surface area contributed by atoms with E-state index in [1.807, 2.05) is 38.1 Å². The standard InChI is InChI=1S/C19H18ClN3O2/c1-11-4-6-15-14(8-11)16(9-12(2)21-15)22-19(24)23-17-10-13(20)5-7-18(17)25-3/h4-10H,1-3H3,(H2,21,22,23,24). The van der Waals surface area contributed by atoms with Crippen molar-refractivity contribution in [3.63, 3.8) is 0 Å². The van der Waals surface area contributed by atoms with Crippen LogP contribution in [0.3, 0.4) is 0 Å². The molecule has 0 radical (unpaired) electrons. The van der Waals surface area contributed by atoms with Crippen molar-refractivity contribution in [3.05, 3.63) is 58.7 Å². The van der Waals surface area contributed by atoms with Gasteiger partial charge in [-0.25, -0.2) is 4.79 Å². The molecule has 1 heterocycles. The van der Waals surface area contributed by atoms with Crippen LogP contribution in [0.1, 0.15) is 11.3 Å². The third-order valence-electron chi connectivity index (χ3n) is 3.75. The Balaban J connectivity index is 1.90. The molecular weight excluding hydrogens is 338 g/mol. The third-order valence-corrected chi connectivity index (χ3v) is 3.99. The molecule has 6 heteroatoms. The van der Waals surface area contributed by atoms with Crippen molar-refractivity contribution in [2.75, 3.05) is 17.7 Å². The van der Waals surface area contributed by atoms with E-state index in [0.717, 1.165) is 22.2 Å². The summed E-state index contributed by atoms with van der Waals surface area (Å²) in [4.78, 5) is 17.0. The van der Waals surface area contributed by atoms with Crippen molar-refractivity contribution >= 4 is 39.9 Å². The molecule has 2 N–H and O–H groups in total. The number of rotatable bonds is 3. The molecule has 0 unspecified atom stereocenters. The first-order valence-corrected chi connectivity index (χ1v) is 8.13. The van der Waals surface area contributed by atoms with E-state index in [2.05, 4.69) is 15.6 Å². The van der Waals surface area contributed by atoms with Crippen LogP contribution in [0.5, 0.6) is 5.75 Å². The van der Waals surface area contributed by atoms with E-state index >= 15 is 0 Å². The van der Waals surface area contributed by atoms with Crippen LogP contribution in [0.4, 0.5) is 16.2 Å². The fourth-order valence-electron chi connectivity index (χ4n) is 2.63. The van der Waals surface area contributed by atoms with Crippen molar-refractivity contribution in [2.24, 2.45) is 0 Å². The fraction of sp³-hybridized carbons (Fsp3) is 0.158. The molecule has 0 aliphatic rings. The number of pyridine rings is 1. The highest BCUT2D eigenvalue weighted by atomic mass is 35.5. The van der Waals surface area contributed by atoms with Crippen LogP contribution in [0, 0.1) is 13.8 Å². The van der Waals surface area contributed by atoms with Crippen LogP contribution in [-0.4, -0.2) is 18.1 Å². The zero-order valence-corrected chi connectivity index (χ0v) is 14.9. The zero-order chi connectivity index (χ0) is 18.0. The molecule has 0 saturated carbocycles. The highest BCUT2D eigenvalue weighted by molar-refractivity contribution is 6.31. The summed E-state index contributed by atoms with van der Waals surface area (Å²) in [6.07, 6.45) is 0. The van der Waals surface area contributed by atoms with E-state index in [1.54, 1.807) is 18.2 Å². The Morgan fingerprint density at radius 1 is 1.04 bits per heavy atom. The molecule has 1 aromatic heterocycles. The van der Waals surface area contributed by atoms with Gasteiger partial charge in [-0.3, -0.25) is 4.98 Å². The zero-order valence-electron chi connectivity index (χ0n) is 14.2. The molecule has 0 fully saturated rings. The van der Waals surface area contributed by atoms with Crippen molar-refractivity contribution in [2.45, 2.75) is 13.8 Å². The molecule has 0 atom stereocenters. The lowest BCUT2D eigenvalue weighted by Crippen LogP contribution is -2.20. The molecule has 128 valence electrons. The minimum atomic E-state index is -0.381. The van der Waals surface area contributed by atoms with Crippen molar-refractivity contribution in [3.8, 4) is 5.75 Å². The second kappa shape index (κ2) is 6.99. The molecule has 0 aliphatic heterocycles. The summed E-state index contributed by atoms with van der Waals surface area (Å²) in [5, 5.41) is 7.05. The number of urea groups is 1. The summed E-state index contributed by atoms with van der Waals surface area (Å²) < 4.78 is 5.25. The number of hydrogen-bond donors (Lipinski definition) is 2. The number of ether oxygens (including phenoxy) is 1. The van der Waals surface area contributed by atoms with E-state index in [4.69, 9.17) is 16.3 Å². The molecule has 25 heavy (non-hydrogen) atoms. The number of methoxy groups -OCH3 is 1. The number of benzene rings is 2. The lowest BCUT2D eigenvalue weighted by atomic mass is 10.1. The lowest BCUT2D eigenvalue weighted by Gasteiger charge is -2.13. The lowest BCUT2D eigenvalue weighted by molar-refractivity contribution is 0.262. The Kier molecular flexibility index (Phi) is 4.76. The Morgan fingerprint density at radius 2 is 1.80 bits per heavy atom. The number of carbonyl (C=O) groups is 1. The number of halogens is 1. The van der Waals surface area contributed by atoms with Gasteiger partial charge in [-0.15, -0.1) is 0 Å². The number of nitrogens with one attached hydrogen (secondary N) is 2. The van der Waals surface area contributed by atoms with Crippen LogP contribution < -0.4 is 15.4 Å². The third kappa shape index (κ3) is 3.83. The molecular formula is C19H18ClN3O2. The predicted molar refractivity (Wildman–Crippen MR) is 102 cm³/mol. The molecule has 0 saturated heterocycles. The molecule has 3 aromatic rings. The van der Waals surface area contributed by atoms with Gasteiger partial charge in [-0.1, -0.05) is 23.2 Å². The maximum atomic E-state index is 12.5. The van der Waals surface area contributed by atoms with E-state index in [0.29, 0.717) is 22.1 Å². The van der Waals surface area contributed by atoms with Gasteiger partial charge in [0.25, 0.3) is 0 Å². The number of aryl methyl sites for hydroxylation is 2. The highest BCUT2D eigenvalue weighted by Crippen LogP contribution is 2.29. The summed E-state index contributed by atoms with van der Waals surface area (Å²) >= 11 is 6.00. The molecule has 0 bridgehead atoms. The smallest absolute Gasteiger partial charge is 0.323 e. The first-order chi connectivity index (χ1) is 12.0. The van der Waals surface area contributed by atoms with Gasteiger partial charge in [0.2, 0.25) is 0 Å². The average molecular weight is 356 g/mol. The molecule has 5 nitrogen and oxygen atoms in total.